The first-order valence-corrected chi connectivity index (χ1v) is 14.3. The predicted octanol–water partition coefficient (Wildman–Crippen LogP) is 4.44. The van der Waals surface area contributed by atoms with Crippen LogP contribution in [0.4, 0.5) is 8.78 Å². The lowest BCUT2D eigenvalue weighted by Crippen LogP contribution is -2.46. The molecule has 4 aromatic carbocycles. The van der Waals surface area contributed by atoms with Crippen LogP contribution in [0, 0.1) is 11.6 Å². The zero-order chi connectivity index (χ0) is 29.2. The molecule has 0 aliphatic rings. The molecule has 0 saturated carbocycles. The van der Waals surface area contributed by atoms with Crippen LogP contribution < -0.4 is 10.0 Å². The largest absolute Gasteiger partial charge is 0.462 e. The Morgan fingerprint density at radius 1 is 0.707 bits per heavy atom. The Morgan fingerprint density at radius 3 is 1.78 bits per heavy atom. The maximum Gasteiger partial charge on any atom is 0.329 e. The van der Waals surface area contributed by atoms with Crippen molar-refractivity contribution in [1.29, 1.82) is 0 Å². The van der Waals surface area contributed by atoms with E-state index >= 15 is 0 Å². The van der Waals surface area contributed by atoms with Crippen LogP contribution in [0.1, 0.15) is 21.5 Å². The van der Waals surface area contributed by atoms with Gasteiger partial charge in [0.2, 0.25) is 10.0 Å². The minimum atomic E-state index is -4.67. The predicted molar refractivity (Wildman–Crippen MR) is 149 cm³/mol. The summed E-state index contributed by atoms with van der Waals surface area (Å²) in [6.07, 6.45) is 0.177. The van der Waals surface area contributed by atoms with Gasteiger partial charge in [-0.15, -0.1) is 0 Å². The van der Waals surface area contributed by atoms with E-state index in [4.69, 9.17) is 4.74 Å². The summed E-state index contributed by atoms with van der Waals surface area (Å²) in [7, 11) is -4.67. The Labute approximate surface area is 237 Å². The molecular weight excluding hydrogens is 550 g/mol. The number of amides is 1. The molecular formula is C31H28F2N2O5S. The van der Waals surface area contributed by atoms with Crippen molar-refractivity contribution in [3.63, 3.8) is 0 Å². The minimum Gasteiger partial charge on any atom is -0.462 e. The highest BCUT2D eigenvalue weighted by Crippen LogP contribution is 2.19. The van der Waals surface area contributed by atoms with Gasteiger partial charge in [-0.1, -0.05) is 84.9 Å². The molecule has 0 aliphatic carbocycles. The maximum atomic E-state index is 14.3. The molecule has 0 fully saturated rings. The Bertz CT molecular complexity index is 1550. The molecule has 41 heavy (non-hydrogen) atoms. The minimum absolute atomic E-state index is 0.0587. The average molecular weight is 579 g/mol. The van der Waals surface area contributed by atoms with Gasteiger partial charge in [-0.25, -0.2) is 26.7 Å². The van der Waals surface area contributed by atoms with Crippen LogP contribution in [0.5, 0.6) is 0 Å². The summed E-state index contributed by atoms with van der Waals surface area (Å²) in [5.74, 6) is -3.79. The Balaban J connectivity index is 1.54. The smallest absolute Gasteiger partial charge is 0.329 e. The molecule has 2 N–H and O–H groups in total. The molecule has 4 rings (SSSR count). The molecule has 4 aromatic rings. The van der Waals surface area contributed by atoms with Crippen molar-refractivity contribution < 1.29 is 31.5 Å². The van der Waals surface area contributed by atoms with E-state index in [1.807, 2.05) is 6.07 Å². The van der Waals surface area contributed by atoms with Crippen molar-refractivity contribution in [3.8, 4) is 0 Å². The van der Waals surface area contributed by atoms with E-state index in [1.165, 1.54) is 0 Å². The third-order valence-corrected chi connectivity index (χ3v) is 7.74. The number of sulfonamides is 1. The molecule has 0 spiro atoms. The summed E-state index contributed by atoms with van der Waals surface area (Å²) in [6, 6.07) is 26.7. The van der Waals surface area contributed by atoms with Gasteiger partial charge in [-0.2, -0.15) is 0 Å². The van der Waals surface area contributed by atoms with Gasteiger partial charge >= 0.3 is 5.97 Å². The second-order valence-corrected chi connectivity index (χ2v) is 10.9. The topological polar surface area (TPSA) is 102 Å². The van der Waals surface area contributed by atoms with Gasteiger partial charge < -0.3 is 10.1 Å². The SMILES string of the molecule is O=C(N[C@@H](Cc1ccccc1)C(=O)OC[C@H](Cc1ccccc1)NS(=O)(=O)c1c(F)cccc1F)c1ccccc1. The van der Waals surface area contributed by atoms with Gasteiger partial charge in [0.15, 0.2) is 4.90 Å². The highest BCUT2D eigenvalue weighted by molar-refractivity contribution is 7.89. The molecule has 0 aliphatic heterocycles. The van der Waals surface area contributed by atoms with E-state index < -0.39 is 57.1 Å². The summed E-state index contributed by atoms with van der Waals surface area (Å²) in [5, 5.41) is 2.69. The first kappa shape index (κ1) is 29.6. The number of carbonyl (C=O) groups is 2. The highest BCUT2D eigenvalue weighted by Gasteiger charge is 2.29. The molecule has 212 valence electrons. The van der Waals surface area contributed by atoms with Crippen LogP contribution in [0.3, 0.4) is 0 Å². The van der Waals surface area contributed by atoms with Gasteiger partial charge in [0.05, 0.1) is 6.04 Å². The number of nitrogens with one attached hydrogen (secondary N) is 2. The van der Waals surface area contributed by atoms with E-state index in [9.17, 15) is 26.8 Å². The fraction of sp³-hybridized carbons (Fsp3) is 0.161. The van der Waals surface area contributed by atoms with Crippen LogP contribution >= 0.6 is 0 Å². The monoisotopic (exact) mass is 578 g/mol. The van der Waals surface area contributed by atoms with Crippen molar-refractivity contribution in [2.75, 3.05) is 6.61 Å². The first-order chi connectivity index (χ1) is 19.7. The molecule has 2 atom stereocenters. The number of rotatable bonds is 12. The van der Waals surface area contributed by atoms with Crippen LogP contribution in [-0.2, 0) is 32.4 Å². The molecule has 0 aromatic heterocycles. The van der Waals surface area contributed by atoms with E-state index in [0.29, 0.717) is 11.1 Å². The summed E-state index contributed by atoms with van der Waals surface area (Å²) in [4.78, 5) is 25.0. The summed E-state index contributed by atoms with van der Waals surface area (Å²) >= 11 is 0. The Kier molecular flexibility index (Phi) is 9.94. The quantitative estimate of drug-likeness (QED) is 0.242. The standard InChI is InChI=1S/C31H28F2N2O5S/c32-26-17-10-18-27(33)29(26)41(38,39)35-25(19-22-11-4-1-5-12-22)21-40-31(37)28(20-23-13-6-2-7-14-23)34-30(36)24-15-8-3-9-16-24/h1-18,25,28,35H,19-21H2,(H,34,36)/t25-,28-/m0/s1. The number of halogens is 2. The fourth-order valence-electron chi connectivity index (χ4n) is 4.21. The number of benzene rings is 4. The van der Waals surface area contributed by atoms with Crippen molar-refractivity contribution >= 4 is 21.9 Å². The van der Waals surface area contributed by atoms with Crippen molar-refractivity contribution in [2.24, 2.45) is 0 Å². The lowest BCUT2D eigenvalue weighted by molar-refractivity contribution is -0.146. The first-order valence-electron chi connectivity index (χ1n) is 12.8. The normalized spacial score (nSPS) is 12.7. The average Bonchev–Trinajstić information content (AvgIpc) is 2.96. The fourth-order valence-corrected chi connectivity index (χ4v) is 5.57. The van der Waals surface area contributed by atoms with E-state index in [1.54, 1.807) is 84.9 Å². The third-order valence-electron chi connectivity index (χ3n) is 6.17. The van der Waals surface area contributed by atoms with Gasteiger partial charge in [0, 0.05) is 12.0 Å². The summed E-state index contributed by atoms with van der Waals surface area (Å²) in [5.41, 5.74) is 1.81. The van der Waals surface area contributed by atoms with Crippen molar-refractivity contribution in [1.82, 2.24) is 10.0 Å². The van der Waals surface area contributed by atoms with Gasteiger partial charge in [-0.05, 0) is 41.8 Å². The zero-order valence-corrected chi connectivity index (χ0v) is 22.7. The maximum absolute atomic E-state index is 14.3. The van der Waals surface area contributed by atoms with Gasteiger partial charge in [0.25, 0.3) is 5.91 Å². The highest BCUT2D eigenvalue weighted by atomic mass is 32.2. The number of hydrogen-bond acceptors (Lipinski definition) is 5. The molecule has 0 unspecified atom stereocenters. The van der Waals surface area contributed by atoms with Crippen LogP contribution in [0.2, 0.25) is 0 Å². The lowest BCUT2D eigenvalue weighted by atomic mass is 10.1. The Morgan fingerprint density at radius 2 is 1.22 bits per heavy atom. The lowest BCUT2D eigenvalue weighted by Gasteiger charge is -2.22. The summed E-state index contributed by atoms with van der Waals surface area (Å²) in [6.45, 7) is -0.463. The van der Waals surface area contributed by atoms with Crippen LogP contribution in [0.25, 0.3) is 0 Å². The number of hydrogen-bond donors (Lipinski definition) is 2. The number of ether oxygens (including phenoxy) is 1. The molecule has 10 heteroatoms. The number of carbonyl (C=O) groups excluding carboxylic acids is 2. The van der Waals surface area contributed by atoms with Gasteiger partial charge in [0.1, 0.15) is 24.3 Å². The van der Waals surface area contributed by atoms with Crippen LogP contribution in [0.15, 0.2) is 114 Å². The van der Waals surface area contributed by atoms with E-state index in [-0.39, 0.29) is 12.8 Å². The van der Waals surface area contributed by atoms with E-state index in [2.05, 4.69) is 10.0 Å². The van der Waals surface area contributed by atoms with Gasteiger partial charge in [-0.3, -0.25) is 4.79 Å². The van der Waals surface area contributed by atoms with E-state index in [0.717, 1.165) is 23.8 Å². The molecule has 0 radical (unpaired) electrons. The second kappa shape index (κ2) is 13.8. The third kappa shape index (κ3) is 8.29. The second-order valence-electron chi connectivity index (χ2n) is 9.27. The number of esters is 1. The molecule has 0 saturated heterocycles. The molecule has 0 bridgehead atoms. The molecule has 1 amide bonds. The molecule has 7 nitrogen and oxygen atoms in total. The molecule has 0 heterocycles. The summed E-state index contributed by atoms with van der Waals surface area (Å²) < 4.78 is 62.5. The van der Waals surface area contributed by atoms with Crippen molar-refractivity contribution in [3.05, 3.63) is 138 Å². The Hall–Kier alpha value is -4.41. The van der Waals surface area contributed by atoms with Crippen molar-refractivity contribution in [2.45, 2.75) is 29.8 Å². The van der Waals surface area contributed by atoms with Crippen LogP contribution in [-0.4, -0.2) is 39.0 Å². The zero-order valence-electron chi connectivity index (χ0n) is 21.9.